The topological polar surface area (TPSA) is 60.4 Å². The molecule has 0 aromatic heterocycles. The zero-order chi connectivity index (χ0) is 25.2. The zero-order valence-corrected chi connectivity index (χ0v) is 21.3. The molecule has 4 aromatic rings. The molecule has 0 heterocycles. The van der Waals surface area contributed by atoms with Gasteiger partial charge in [-0.1, -0.05) is 81.1 Å². The Hall–Kier alpha value is -3.50. The van der Waals surface area contributed by atoms with E-state index in [1.54, 1.807) is 0 Å². The van der Waals surface area contributed by atoms with E-state index in [0.717, 1.165) is 19.3 Å². The Labute approximate surface area is 211 Å². The zero-order valence-electron chi connectivity index (χ0n) is 20.5. The van der Waals surface area contributed by atoms with E-state index in [9.17, 15) is 9.90 Å². The predicted octanol–water partition coefficient (Wildman–Crippen LogP) is 6.93. The van der Waals surface area contributed by atoms with E-state index >= 15 is 0 Å². The van der Waals surface area contributed by atoms with Gasteiger partial charge in [0.25, 0.3) is 0 Å². The van der Waals surface area contributed by atoms with E-state index < -0.39 is 11.7 Å². The molecule has 0 saturated heterocycles. The first kappa shape index (κ1) is 26.1. The highest BCUT2D eigenvalue weighted by Gasteiger charge is 2.28. The third-order valence-electron chi connectivity index (χ3n) is 5.82. The Balaban J connectivity index is 0.000000287. The Morgan fingerprint density at radius 1 is 0.629 bits per heavy atom. The van der Waals surface area contributed by atoms with Crippen molar-refractivity contribution in [3.63, 3.8) is 0 Å². The molecule has 0 aliphatic carbocycles. The highest BCUT2D eigenvalue weighted by molar-refractivity contribution is 7.97. The van der Waals surface area contributed by atoms with Gasteiger partial charge in [0.2, 0.25) is 0 Å². The molecule has 0 bridgehead atoms. The van der Waals surface area contributed by atoms with Crippen molar-refractivity contribution < 1.29 is 15.0 Å². The summed E-state index contributed by atoms with van der Waals surface area (Å²) < 4.78 is 0. The van der Waals surface area contributed by atoms with Gasteiger partial charge in [-0.05, 0) is 78.4 Å². The maximum absolute atomic E-state index is 10.7. The fraction of sp³-hybridized carbons (Fsp3) is 0.194. The van der Waals surface area contributed by atoms with E-state index in [1.807, 2.05) is 0 Å². The number of para-hydroxylation sites is 1. The molecule has 3 nitrogen and oxygen atoms in total. The molecule has 0 atom stereocenters. The van der Waals surface area contributed by atoms with Crippen molar-refractivity contribution >= 4 is 16.9 Å². The molecule has 0 spiro atoms. The van der Waals surface area contributed by atoms with Gasteiger partial charge in [0.1, 0.15) is 0 Å². The first-order valence-electron chi connectivity index (χ1n) is 12.0. The SMILES string of the molecule is CCc1ccc([S+](c2ccc(CC)cc2)c2ccc(CC)cc2)cc1.O=C(O)c1ccccc1[O-]. The first-order chi connectivity index (χ1) is 17.0. The summed E-state index contributed by atoms with van der Waals surface area (Å²) in [5.74, 6) is -1.62. The van der Waals surface area contributed by atoms with Crippen molar-refractivity contribution in [1.29, 1.82) is 0 Å². The van der Waals surface area contributed by atoms with Crippen LogP contribution >= 0.6 is 0 Å². The van der Waals surface area contributed by atoms with Gasteiger partial charge >= 0.3 is 5.97 Å². The molecule has 35 heavy (non-hydrogen) atoms. The molecule has 4 aromatic carbocycles. The normalized spacial score (nSPS) is 10.5. The maximum atomic E-state index is 10.7. The van der Waals surface area contributed by atoms with E-state index in [2.05, 4.69) is 93.6 Å². The van der Waals surface area contributed by atoms with Gasteiger partial charge in [-0.25, -0.2) is 4.79 Å². The third-order valence-corrected chi connectivity index (χ3v) is 8.05. The lowest BCUT2D eigenvalue weighted by molar-refractivity contribution is -0.268. The van der Waals surface area contributed by atoms with Gasteiger partial charge in [-0.3, -0.25) is 0 Å². The molecule has 180 valence electrons. The Morgan fingerprint density at radius 3 is 1.23 bits per heavy atom. The highest BCUT2D eigenvalue weighted by atomic mass is 32.2. The number of carbonyl (C=O) groups is 1. The average molecular weight is 485 g/mol. The summed E-state index contributed by atoms with van der Waals surface area (Å²) in [6, 6.07) is 33.0. The summed E-state index contributed by atoms with van der Waals surface area (Å²) >= 11 is 0. The molecule has 0 aliphatic heterocycles. The lowest BCUT2D eigenvalue weighted by atomic mass is 10.2. The van der Waals surface area contributed by atoms with E-state index in [1.165, 1.54) is 55.6 Å². The molecule has 0 amide bonds. The first-order valence-corrected chi connectivity index (χ1v) is 13.2. The fourth-order valence-electron chi connectivity index (χ4n) is 3.64. The number of rotatable bonds is 7. The lowest BCUT2D eigenvalue weighted by Crippen LogP contribution is -2.05. The molecule has 1 N–H and O–H groups in total. The molecular formula is C31H32O3S. The molecule has 0 saturated carbocycles. The fourth-order valence-corrected chi connectivity index (χ4v) is 5.68. The molecular weight excluding hydrogens is 452 g/mol. The minimum absolute atomic E-state index is 0.0454. The van der Waals surface area contributed by atoms with Crippen molar-refractivity contribution in [2.24, 2.45) is 0 Å². The van der Waals surface area contributed by atoms with Gasteiger partial charge < -0.3 is 10.2 Å². The number of carboxylic acid groups (broad SMARTS) is 1. The quantitative estimate of drug-likeness (QED) is 0.289. The summed E-state index contributed by atoms with van der Waals surface area (Å²) in [5.41, 5.74) is 4.02. The van der Waals surface area contributed by atoms with Gasteiger partial charge in [-0.15, -0.1) is 0 Å². The van der Waals surface area contributed by atoms with Gasteiger partial charge in [0.15, 0.2) is 14.7 Å². The summed E-state index contributed by atoms with van der Waals surface area (Å²) in [5, 5.41) is 19.0. The van der Waals surface area contributed by atoms with Crippen LogP contribution in [0.15, 0.2) is 112 Å². The second-order valence-corrected chi connectivity index (χ2v) is 10.1. The van der Waals surface area contributed by atoms with Crippen LogP contribution in [0.25, 0.3) is 0 Å². The van der Waals surface area contributed by atoms with Crippen LogP contribution in [0.5, 0.6) is 5.75 Å². The molecule has 4 rings (SSSR count). The molecule has 0 radical (unpaired) electrons. The van der Waals surface area contributed by atoms with Crippen LogP contribution < -0.4 is 5.11 Å². The number of hydrogen-bond acceptors (Lipinski definition) is 2. The van der Waals surface area contributed by atoms with Gasteiger partial charge in [-0.2, -0.15) is 0 Å². The smallest absolute Gasteiger partial charge is 0.335 e. The van der Waals surface area contributed by atoms with Crippen molar-refractivity contribution in [3.8, 4) is 5.75 Å². The number of carboxylic acids is 1. The Bertz CT molecular complexity index is 1100. The Kier molecular flexibility index (Phi) is 9.56. The van der Waals surface area contributed by atoms with Crippen LogP contribution in [0.1, 0.15) is 47.8 Å². The van der Waals surface area contributed by atoms with Crippen LogP contribution in [0, 0.1) is 0 Å². The standard InChI is InChI=1S/C24H27S.C7H6O3/c1-4-19-7-13-22(14-8-19)25(23-15-9-20(5-2)10-16-23)24-17-11-21(6-3)12-18-24;8-6-4-2-1-3-5(6)7(9)10/h7-18H,4-6H2,1-3H3;1-4,8H,(H,9,10)/q+1;/p-1. The maximum Gasteiger partial charge on any atom is 0.335 e. The molecule has 0 fully saturated rings. The van der Waals surface area contributed by atoms with Crippen LogP contribution in [-0.4, -0.2) is 11.1 Å². The summed E-state index contributed by atoms with van der Waals surface area (Å²) in [7, 11) is -0.0454. The molecule has 4 heteroatoms. The van der Waals surface area contributed by atoms with Crippen molar-refractivity contribution in [2.75, 3.05) is 0 Å². The van der Waals surface area contributed by atoms with Crippen molar-refractivity contribution in [1.82, 2.24) is 0 Å². The van der Waals surface area contributed by atoms with Crippen LogP contribution in [0.2, 0.25) is 0 Å². The van der Waals surface area contributed by atoms with E-state index in [0.29, 0.717) is 0 Å². The summed E-state index contributed by atoms with van der Waals surface area (Å²) in [4.78, 5) is 14.4. The van der Waals surface area contributed by atoms with E-state index in [4.69, 9.17) is 5.11 Å². The Morgan fingerprint density at radius 2 is 0.971 bits per heavy atom. The number of benzene rings is 4. The second-order valence-electron chi connectivity index (χ2n) is 8.10. The largest absolute Gasteiger partial charge is 0.872 e. The van der Waals surface area contributed by atoms with Crippen molar-refractivity contribution in [2.45, 2.75) is 54.7 Å². The summed E-state index contributed by atoms with van der Waals surface area (Å²) in [6.45, 7) is 6.63. The number of hydrogen-bond donors (Lipinski definition) is 1. The van der Waals surface area contributed by atoms with E-state index in [-0.39, 0.29) is 16.5 Å². The average Bonchev–Trinajstić information content (AvgIpc) is 2.90. The van der Waals surface area contributed by atoms with Crippen LogP contribution in [0.4, 0.5) is 0 Å². The monoisotopic (exact) mass is 484 g/mol. The second kappa shape index (κ2) is 12.8. The number of aryl methyl sites for hydroxylation is 3. The van der Waals surface area contributed by atoms with Crippen molar-refractivity contribution in [3.05, 3.63) is 119 Å². The van der Waals surface area contributed by atoms with Gasteiger partial charge in [0.05, 0.1) is 16.5 Å². The highest BCUT2D eigenvalue weighted by Crippen LogP contribution is 2.32. The molecule has 0 unspecified atom stereocenters. The van der Waals surface area contributed by atoms with Crippen LogP contribution in [-0.2, 0) is 30.2 Å². The minimum atomic E-state index is -1.18. The third kappa shape index (κ3) is 7.00. The van der Waals surface area contributed by atoms with Crippen LogP contribution in [0.3, 0.4) is 0 Å². The lowest BCUT2D eigenvalue weighted by Gasteiger charge is -2.10. The predicted molar refractivity (Wildman–Crippen MR) is 142 cm³/mol. The van der Waals surface area contributed by atoms with Gasteiger partial charge in [0, 0.05) is 0 Å². The summed E-state index contributed by atoms with van der Waals surface area (Å²) in [6.07, 6.45) is 3.26. The molecule has 0 aliphatic rings. The number of aromatic carboxylic acids is 1. The minimum Gasteiger partial charge on any atom is -0.872 e.